The summed E-state index contributed by atoms with van der Waals surface area (Å²) in [4.78, 5) is 19.0. The first-order valence-corrected chi connectivity index (χ1v) is 7.38. The number of anilines is 1. The molecule has 0 saturated heterocycles. The third kappa shape index (κ3) is 3.25. The number of aliphatic hydroxyl groups is 1. The second kappa shape index (κ2) is 5.46. The SMILES string of the molecule is Cc1nc(N(C)C)sc1C(=O)NCC1(O)CCCC1. The van der Waals surface area contributed by atoms with Crippen LogP contribution in [-0.2, 0) is 0 Å². The van der Waals surface area contributed by atoms with Crippen LogP contribution in [0.15, 0.2) is 0 Å². The molecule has 19 heavy (non-hydrogen) atoms. The Hall–Kier alpha value is -1.14. The summed E-state index contributed by atoms with van der Waals surface area (Å²) in [5, 5.41) is 13.9. The van der Waals surface area contributed by atoms with Crippen LogP contribution in [0.1, 0.15) is 41.0 Å². The van der Waals surface area contributed by atoms with Crippen molar-refractivity contribution < 1.29 is 9.90 Å². The highest BCUT2D eigenvalue weighted by Crippen LogP contribution is 2.29. The van der Waals surface area contributed by atoms with Crippen molar-refractivity contribution in [2.24, 2.45) is 0 Å². The van der Waals surface area contributed by atoms with Gasteiger partial charge >= 0.3 is 0 Å². The van der Waals surface area contributed by atoms with Crippen molar-refractivity contribution in [3.05, 3.63) is 10.6 Å². The fourth-order valence-electron chi connectivity index (χ4n) is 2.32. The van der Waals surface area contributed by atoms with Crippen LogP contribution in [0.3, 0.4) is 0 Å². The van der Waals surface area contributed by atoms with E-state index in [1.165, 1.54) is 11.3 Å². The van der Waals surface area contributed by atoms with E-state index in [9.17, 15) is 9.90 Å². The van der Waals surface area contributed by atoms with E-state index in [1.54, 1.807) is 0 Å². The molecule has 0 unspecified atom stereocenters. The summed E-state index contributed by atoms with van der Waals surface area (Å²) < 4.78 is 0. The van der Waals surface area contributed by atoms with Crippen molar-refractivity contribution >= 4 is 22.4 Å². The molecule has 1 aromatic rings. The maximum atomic E-state index is 12.1. The Morgan fingerprint density at radius 3 is 2.63 bits per heavy atom. The summed E-state index contributed by atoms with van der Waals surface area (Å²) in [6.07, 6.45) is 3.63. The number of carbonyl (C=O) groups excluding carboxylic acids is 1. The average molecular weight is 283 g/mol. The van der Waals surface area contributed by atoms with Crippen molar-refractivity contribution in [2.45, 2.75) is 38.2 Å². The molecule has 2 rings (SSSR count). The molecule has 2 N–H and O–H groups in total. The minimum Gasteiger partial charge on any atom is -0.388 e. The van der Waals surface area contributed by atoms with Gasteiger partial charge in [-0.3, -0.25) is 4.79 Å². The Balaban J connectivity index is 2.00. The van der Waals surface area contributed by atoms with Crippen molar-refractivity contribution in [1.82, 2.24) is 10.3 Å². The highest BCUT2D eigenvalue weighted by Gasteiger charge is 2.31. The molecule has 0 radical (unpaired) electrons. The Kier molecular flexibility index (Phi) is 4.10. The van der Waals surface area contributed by atoms with Crippen LogP contribution in [0, 0.1) is 6.92 Å². The highest BCUT2D eigenvalue weighted by molar-refractivity contribution is 7.17. The lowest BCUT2D eigenvalue weighted by Crippen LogP contribution is -2.40. The lowest BCUT2D eigenvalue weighted by Gasteiger charge is -2.22. The van der Waals surface area contributed by atoms with Gasteiger partial charge in [0.1, 0.15) is 4.88 Å². The van der Waals surface area contributed by atoms with Gasteiger partial charge in [0.15, 0.2) is 5.13 Å². The zero-order chi connectivity index (χ0) is 14.0. The van der Waals surface area contributed by atoms with Gasteiger partial charge in [-0.15, -0.1) is 0 Å². The minimum absolute atomic E-state index is 0.136. The van der Waals surface area contributed by atoms with Crippen LogP contribution in [0.5, 0.6) is 0 Å². The number of carbonyl (C=O) groups is 1. The molecule has 1 aliphatic rings. The van der Waals surface area contributed by atoms with Gasteiger partial charge in [-0.05, 0) is 19.8 Å². The molecule has 0 atom stereocenters. The smallest absolute Gasteiger partial charge is 0.263 e. The quantitative estimate of drug-likeness (QED) is 0.880. The van der Waals surface area contributed by atoms with Crippen molar-refractivity contribution in [3.63, 3.8) is 0 Å². The molecule has 6 heteroatoms. The van der Waals surface area contributed by atoms with Gasteiger partial charge in [0.2, 0.25) is 0 Å². The molecule has 106 valence electrons. The highest BCUT2D eigenvalue weighted by atomic mass is 32.1. The van der Waals surface area contributed by atoms with E-state index in [1.807, 2.05) is 25.9 Å². The van der Waals surface area contributed by atoms with E-state index < -0.39 is 5.60 Å². The fourth-order valence-corrected chi connectivity index (χ4v) is 3.23. The van der Waals surface area contributed by atoms with E-state index in [0.717, 1.165) is 36.5 Å². The molecule has 0 bridgehead atoms. The molecule has 1 amide bonds. The summed E-state index contributed by atoms with van der Waals surface area (Å²) in [7, 11) is 3.81. The Labute approximate surface area is 117 Å². The lowest BCUT2D eigenvalue weighted by atomic mass is 10.0. The van der Waals surface area contributed by atoms with E-state index in [0.29, 0.717) is 11.4 Å². The normalized spacial score (nSPS) is 17.5. The Morgan fingerprint density at radius 1 is 1.47 bits per heavy atom. The summed E-state index contributed by atoms with van der Waals surface area (Å²) in [6.45, 7) is 2.17. The molecule has 1 saturated carbocycles. The maximum Gasteiger partial charge on any atom is 0.263 e. The number of rotatable bonds is 4. The maximum absolute atomic E-state index is 12.1. The van der Waals surface area contributed by atoms with Gasteiger partial charge < -0.3 is 15.3 Å². The van der Waals surface area contributed by atoms with E-state index in [-0.39, 0.29) is 5.91 Å². The predicted octanol–water partition coefficient (Wildman–Crippen LogP) is 1.55. The Bertz CT molecular complexity index is 464. The number of amides is 1. The van der Waals surface area contributed by atoms with Crippen LogP contribution in [0.2, 0.25) is 0 Å². The largest absolute Gasteiger partial charge is 0.388 e. The zero-order valence-electron chi connectivity index (χ0n) is 11.7. The molecule has 0 aliphatic heterocycles. The van der Waals surface area contributed by atoms with E-state index in [2.05, 4.69) is 10.3 Å². The minimum atomic E-state index is -0.710. The summed E-state index contributed by atoms with van der Waals surface area (Å²) >= 11 is 1.38. The van der Waals surface area contributed by atoms with Crippen LogP contribution in [0.4, 0.5) is 5.13 Å². The van der Waals surface area contributed by atoms with E-state index in [4.69, 9.17) is 0 Å². The van der Waals surface area contributed by atoms with Crippen molar-refractivity contribution in [2.75, 3.05) is 25.5 Å². The standard InChI is InChI=1S/C13H21N3O2S/c1-9-10(19-12(15-9)16(2)3)11(17)14-8-13(18)6-4-5-7-13/h18H,4-8H2,1-3H3,(H,14,17). The van der Waals surface area contributed by atoms with Gasteiger partial charge in [-0.1, -0.05) is 24.2 Å². The average Bonchev–Trinajstić information content (AvgIpc) is 2.93. The third-order valence-electron chi connectivity index (χ3n) is 3.49. The van der Waals surface area contributed by atoms with Crippen LogP contribution in [-0.4, -0.2) is 42.2 Å². The lowest BCUT2D eigenvalue weighted by molar-refractivity contribution is 0.0450. The van der Waals surface area contributed by atoms with Gasteiger partial charge in [0.05, 0.1) is 11.3 Å². The summed E-state index contributed by atoms with van der Waals surface area (Å²) in [5.74, 6) is -0.136. The van der Waals surface area contributed by atoms with Gasteiger partial charge in [-0.25, -0.2) is 4.98 Å². The second-order valence-corrected chi connectivity index (χ2v) is 6.40. The van der Waals surface area contributed by atoms with Crippen LogP contribution >= 0.6 is 11.3 Å². The van der Waals surface area contributed by atoms with Crippen LogP contribution < -0.4 is 10.2 Å². The summed E-state index contributed by atoms with van der Waals surface area (Å²) in [6, 6.07) is 0. The Morgan fingerprint density at radius 2 is 2.11 bits per heavy atom. The molecular weight excluding hydrogens is 262 g/mol. The first-order chi connectivity index (χ1) is 8.91. The summed E-state index contributed by atoms with van der Waals surface area (Å²) in [5.41, 5.74) is 0.0307. The van der Waals surface area contributed by atoms with Gasteiger partial charge in [0.25, 0.3) is 5.91 Å². The number of nitrogens with one attached hydrogen (secondary N) is 1. The molecule has 1 fully saturated rings. The second-order valence-electron chi connectivity index (χ2n) is 5.42. The molecule has 0 aromatic carbocycles. The molecular formula is C13H21N3O2S. The topological polar surface area (TPSA) is 65.5 Å². The first-order valence-electron chi connectivity index (χ1n) is 6.57. The fraction of sp³-hybridized carbons (Fsp3) is 0.692. The first kappa shape index (κ1) is 14.3. The molecule has 5 nitrogen and oxygen atoms in total. The molecule has 1 heterocycles. The molecule has 1 aliphatic carbocycles. The predicted molar refractivity (Wildman–Crippen MR) is 76.9 cm³/mol. The monoisotopic (exact) mass is 283 g/mol. The van der Waals surface area contributed by atoms with Crippen molar-refractivity contribution in [1.29, 1.82) is 0 Å². The van der Waals surface area contributed by atoms with Gasteiger partial charge in [-0.2, -0.15) is 0 Å². The number of hydrogen-bond acceptors (Lipinski definition) is 5. The molecule has 1 aromatic heterocycles. The van der Waals surface area contributed by atoms with Gasteiger partial charge in [0, 0.05) is 20.6 Å². The number of thiazole rings is 1. The number of aromatic nitrogens is 1. The molecule has 0 spiro atoms. The number of aryl methyl sites for hydroxylation is 1. The van der Waals surface area contributed by atoms with Crippen molar-refractivity contribution in [3.8, 4) is 0 Å². The van der Waals surface area contributed by atoms with E-state index >= 15 is 0 Å². The third-order valence-corrected chi connectivity index (χ3v) is 4.81. The zero-order valence-corrected chi connectivity index (χ0v) is 12.5. The number of nitrogens with zero attached hydrogens (tertiary/aromatic N) is 2. The number of hydrogen-bond donors (Lipinski definition) is 2. The van der Waals surface area contributed by atoms with Crippen LogP contribution in [0.25, 0.3) is 0 Å².